The van der Waals surface area contributed by atoms with Crippen LogP contribution < -0.4 is 0 Å². The largest absolute Gasteiger partial charge is 0.497 e. The van der Waals surface area contributed by atoms with Gasteiger partial charge in [0.2, 0.25) is 0 Å². The lowest BCUT2D eigenvalue weighted by Crippen LogP contribution is -1.89. The molecule has 0 saturated carbocycles. The predicted octanol–water partition coefficient (Wildman–Crippen LogP) is 2.54. The van der Waals surface area contributed by atoms with E-state index in [0.29, 0.717) is 6.42 Å². The van der Waals surface area contributed by atoms with Gasteiger partial charge in [-0.1, -0.05) is 12.2 Å². The lowest BCUT2D eigenvalue weighted by atomic mass is 10.1. The van der Waals surface area contributed by atoms with Gasteiger partial charge in [-0.2, -0.15) is 5.26 Å². The van der Waals surface area contributed by atoms with Gasteiger partial charge in [-0.05, 0) is 13.3 Å². The minimum absolute atomic E-state index is 0.659. The molecule has 1 fully saturated rings. The first-order valence-electron chi connectivity index (χ1n) is 4.13. The molecule has 1 rings (SSSR count). The van der Waals surface area contributed by atoms with Crippen LogP contribution in [0.1, 0.15) is 26.2 Å². The van der Waals surface area contributed by atoms with Gasteiger partial charge in [0.1, 0.15) is 5.76 Å². The van der Waals surface area contributed by atoms with Crippen LogP contribution in [0.4, 0.5) is 0 Å². The Balaban J connectivity index is 2.72. The topological polar surface area (TPSA) is 33.0 Å². The number of hydrogen-bond acceptors (Lipinski definition) is 2. The predicted molar refractivity (Wildman–Crippen MR) is 47.3 cm³/mol. The molecule has 0 unspecified atom stereocenters. The highest BCUT2D eigenvalue weighted by atomic mass is 16.5. The maximum absolute atomic E-state index is 8.81. The molecule has 0 aromatic rings. The fraction of sp³-hybridized carbons (Fsp3) is 0.500. The van der Waals surface area contributed by atoms with Gasteiger partial charge < -0.3 is 4.74 Å². The summed E-state index contributed by atoms with van der Waals surface area (Å²) in [5.74, 6) is 0.875. The first-order chi connectivity index (χ1) is 5.74. The normalized spacial score (nSPS) is 19.7. The Morgan fingerprint density at radius 1 is 1.75 bits per heavy atom. The fourth-order valence-corrected chi connectivity index (χ4v) is 1.24. The Labute approximate surface area is 73.1 Å². The van der Waals surface area contributed by atoms with E-state index in [-0.39, 0.29) is 0 Å². The first-order valence-corrected chi connectivity index (χ1v) is 4.13. The second-order valence-corrected chi connectivity index (χ2v) is 3.10. The third kappa shape index (κ3) is 2.13. The van der Waals surface area contributed by atoms with Gasteiger partial charge in [-0.3, -0.25) is 0 Å². The van der Waals surface area contributed by atoms with Crippen molar-refractivity contribution in [1.82, 2.24) is 0 Å². The van der Waals surface area contributed by atoms with Crippen molar-refractivity contribution in [3.05, 3.63) is 23.5 Å². The van der Waals surface area contributed by atoms with Crippen LogP contribution in [0.3, 0.4) is 0 Å². The van der Waals surface area contributed by atoms with E-state index < -0.39 is 0 Å². The first kappa shape index (κ1) is 8.86. The third-order valence-electron chi connectivity index (χ3n) is 1.77. The number of rotatable bonds is 2. The van der Waals surface area contributed by atoms with Crippen molar-refractivity contribution in [2.45, 2.75) is 26.2 Å². The fourth-order valence-electron chi connectivity index (χ4n) is 1.24. The summed E-state index contributed by atoms with van der Waals surface area (Å²) < 4.78 is 5.32. The zero-order valence-electron chi connectivity index (χ0n) is 7.39. The van der Waals surface area contributed by atoms with Crippen LogP contribution in [-0.2, 0) is 4.74 Å². The molecule has 0 N–H and O–H groups in total. The van der Waals surface area contributed by atoms with Gasteiger partial charge in [0.15, 0.2) is 0 Å². The lowest BCUT2D eigenvalue weighted by Gasteiger charge is -2.02. The van der Waals surface area contributed by atoms with E-state index in [0.717, 1.165) is 36.4 Å². The number of hydrogen-bond donors (Lipinski definition) is 0. The summed E-state index contributed by atoms with van der Waals surface area (Å²) >= 11 is 0. The molecule has 1 aliphatic heterocycles. The highest BCUT2D eigenvalue weighted by Crippen LogP contribution is 2.23. The average Bonchev–Trinajstić information content (AvgIpc) is 2.51. The van der Waals surface area contributed by atoms with Gasteiger partial charge in [0.25, 0.3) is 0 Å². The second kappa shape index (κ2) is 3.96. The Morgan fingerprint density at radius 3 is 2.92 bits per heavy atom. The summed E-state index contributed by atoms with van der Waals surface area (Å²) in [5, 5.41) is 8.81. The lowest BCUT2D eigenvalue weighted by molar-refractivity contribution is 0.260. The van der Waals surface area contributed by atoms with Crippen molar-refractivity contribution in [3.63, 3.8) is 0 Å². The number of nitriles is 1. The summed E-state index contributed by atoms with van der Waals surface area (Å²) in [6.07, 6.45) is 2.61. The van der Waals surface area contributed by atoms with E-state index in [4.69, 9.17) is 10.00 Å². The van der Waals surface area contributed by atoms with Crippen molar-refractivity contribution >= 4 is 0 Å². The van der Waals surface area contributed by atoms with E-state index in [9.17, 15) is 0 Å². The van der Waals surface area contributed by atoms with Gasteiger partial charge in [-0.25, -0.2) is 0 Å². The quantitative estimate of drug-likeness (QED) is 0.463. The standard InChI is InChI=1S/C10H13NO/c1-8(2)6-9(7-11)10-4-3-5-12-10/h1,3-6H2,2H3/b10-9-. The number of ether oxygens (including phenoxy) is 1. The second-order valence-electron chi connectivity index (χ2n) is 3.10. The third-order valence-corrected chi connectivity index (χ3v) is 1.77. The molecule has 1 saturated heterocycles. The van der Waals surface area contributed by atoms with Crippen molar-refractivity contribution < 1.29 is 4.74 Å². The Bertz CT molecular complexity index is 250. The highest BCUT2D eigenvalue weighted by Gasteiger charge is 2.13. The zero-order valence-corrected chi connectivity index (χ0v) is 7.39. The molecule has 2 nitrogen and oxygen atoms in total. The molecule has 0 aromatic carbocycles. The van der Waals surface area contributed by atoms with Crippen LogP contribution >= 0.6 is 0 Å². The van der Waals surface area contributed by atoms with Crippen molar-refractivity contribution in [2.75, 3.05) is 6.61 Å². The molecule has 0 radical (unpaired) electrons. The molecule has 2 heteroatoms. The van der Waals surface area contributed by atoms with Crippen LogP contribution in [0.2, 0.25) is 0 Å². The summed E-state index contributed by atoms with van der Waals surface area (Å²) in [7, 11) is 0. The Hall–Kier alpha value is -1.23. The summed E-state index contributed by atoms with van der Waals surface area (Å²) in [4.78, 5) is 0. The summed E-state index contributed by atoms with van der Waals surface area (Å²) in [5.41, 5.74) is 1.76. The molecule has 0 aliphatic carbocycles. The molecular formula is C10H13NO. The molecule has 0 atom stereocenters. The van der Waals surface area contributed by atoms with E-state index in [1.807, 2.05) is 6.92 Å². The molecule has 0 bridgehead atoms. The van der Waals surface area contributed by atoms with Gasteiger partial charge in [0, 0.05) is 12.8 Å². The average molecular weight is 163 g/mol. The minimum atomic E-state index is 0.659. The Morgan fingerprint density at radius 2 is 2.50 bits per heavy atom. The molecule has 0 aromatic heterocycles. The van der Waals surface area contributed by atoms with Crippen molar-refractivity contribution in [3.8, 4) is 6.07 Å². The summed E-state index contributed by atoms with van der Waals surface area (Å²) in [6.45, 7) is 6.46. The van der Waals surface area contributed by atoms with Gasteiger partial charge in [0.05, 0.1) is 18.2 Å². The van der Waals surface area contributed by atoms with Crippen LogP contribution in [0.25, 0.3) is 0 Å². The Kier molecular flexibility index (Phi) is 2.93. The maximum atomic E-state index is 8.81. The molecule has 64 valence electrons. The number of allylic oxidation sites excluding steroid dienone is 3. The minimum Gasteiger partial charge on any atom is -0.497 e. The van der Waals surface area contributed by atoms with E-state index in [1.54, 1.807) is 0 Å². The highest BCUT2D eigenvalue weighted by molar-refractivity contribution is 5.29. The molecule has 1 heterocycles. The molecule has 12 heavy (non-hydrogen) atoms. The van der Waals surface area contributed by atoms with Crippen LogP contribution in [0.5, 0.6) is 0 Å². The van der Waals surface area contributed by atoms with E-state index in [1.165, 1.54) is 0 Å². The molecule has 0 spiro atoms. The molecule has 1 aliphatic rings. The maximum Gasteiger partial charge on any atom is 0.110 e. The van der Waals surface area contributed by atoms with E-state index >= 15 is 0 Å². The van der Waals surface area contributed by atoms with Gasteiger partial charge in [-0.15, -0.1) is 0 Å². The van der Waals surface area contributed by atoms with E-state index in [2.05, 4.69) is 12.6 Å². The SMILES string of the molecule is C=C(C)C/C(C#N)=C1\CCCO1. The monoisotopic (exact) mass is 163 g/mol. The zero-order chi connectivity index (χ0) is 8.97. The molecule has 0 amide bonds. The summed E-state index contributed by atoms with van der Waals surface area (Å²) in [6, 6.07) is 2.17. The van der Waals surface area contributed by atoms with Crippen LogP contribution in [0, 0.1) is 11.3 Å². The number of nitrogens with zero attached hydrogens (tertiary/aromatic N) is 1. The molecular weight excluding hydrogens is 150 g/mol. The van der Waals surface area contributed by atoms with Crippen molar-refractivity contribution in [2.24, 2.45) is 0 Å². The van der Waals surface area contributed by atoms with Crippen LogP contribution in [0.15, 0.2) is 23.5 Å². The van der Waals surface area contributed by atoms with Gasteiger partial charge >= 0.3 is 0 Å². The van der Waals surface area contributed by atoms with Crippen molar-refractivity contribution in [1.29, 1.82) is 5.26 Å². The smallest absolute Gasteiger partial charge is 0.110 e. The van der Waals surface area contributed by atoms with Crippen LogP contribution in [-0.4, -0.2) is 6.61 Å².